The van der Waals surface area contributed by atoms with Crippen molar-refractivity contribution < 1.29 is 4.57 Å². The van der Waals surface area contributed by atoms with Crippen molar-refractivity contribution in [3.63, 3.8) is 0 Å². The van der Waals surface area contributed by atoms with Crippen molar-refractivity contribution in [3.05, 3.63) is 29.3 Å². The van der Waals surface area contributed by atoms with Gasteiger partial charge in [-0.25, -0.2) is 0 Å². The Morgan fingerprint density at radius 1 is 1.12 bits per heavy atom. The van der Waals surface area contributed by atoms with Gasteiger partial charge < -0.3 is 0 Å². The molecule has 3 heteroatoms. The molecule has 0 saturated carbocycles. The van der Waals surface area contributed by atoms with E-state index in [2.05, 4.69) is 58.3 Å². The van der Waals surface area contributed by atoms with E-state index in [0.717, 1.165) is 0 Å². The van der Waals surface area contributed by atoms with Gasteiger partial charge in [0.25, 0.3) is 0 Å². The second kappa shape index (κ2) is 6.69. The second-order valence-electron chi connectivity index (χ2n) is 4.34. The van der Waals surface area contributed by atoms with Gasteiger partial charge in [-0.1, -0.05) is 52.5 Å². The molecule has 0 aliphatic heterocycles. The molecule has 0 radical (unpaired) electrons. The predicted molar refractivity (Wildman–Crippen MR) is 84.1 cm³/mol. The van der Waals surface area contributed by atoms with Gasteiger partial charge >= 0.3 is 0 Å². The lowest BCUT2D eigenvalue weighted by atomic mass is 10.2. The van der Waals surface area contributed by atoms with Gasteiger partial charge in [0.15, 0.2) is 0 Å². The number of rotatable bonds is 6. The molecule has 2 aromatic rings. The fourth-order valence-corrected chi connectivity index (χ4v) is 3.73. The first-order chi connectivity index (χ1) is 8.33. The minimum atomic E-state index is 1.18. The van der Waals surface area contributed by atoms with E-state index in [9.17, 15) is 0 Å². The molecule has 0 aliphatic carbocycles. The molecule has 0 atom stereocenters. The van der Waals surface area contributed by atoms with Crippen LogP contribution in [0.1, 0.15) is 30.7 Å². The molecule has 92 valence electrons. The molecule has 0 saturated heterocycles. The van der Waals surface area contributed by atoms with Crippen LogP contribution >= 0.6 is 33.9 Å². The van der Waals surface area contributed by atoms with E-state index in [0.29, 0.717) is 0 Å². The van der Waals surface area contributed by atoms with Crippen LogP contribution in [0, 0.1) is 6.92 Å². The quantitative estimate of drug-likeness (QED) is 0.309. The molecule has 0 spiro atoms. The number of para-hydroxylation sites is 1. The summed E-state index contributed by atoms with van der Waals surface area (Å²) < 4.78 is 5.19. The molecular weight excluding hydrogens is 341 g/mol. The molecule has 2 rings (SSSR count). The number of alkyl halides is 1. The summed E-state index contributed by atoms with van der Waals surface area (Å²) in [5, 5.41) is 1.43. The van der Waals surface area contributed by atoms with Crippen LogP contribution in [0.2, 0.25) is 0 Å². The minimum absolute atomic E-state index is 1.18. The summed E-state index contributed by atoms with van der Waals surface area (Å²) in [6.45, 7) is 3.41. The summed E-state index contributed by atoms with van der Waals surface area (Å²) in [5.41, 5.74) is 1.41. The summed E-state index contributed by atoms with van der Waals surface area (Å²) >= 11 is 4.37. The maximum atomic E-state index is 2.48. The molecule has 0 aliphatic rings. The van der Waals surface area contributed by atoms with Gasteiger partial charge in [-0.3, -0.25) is 0 Å². The number of benzene rings is 1. The Morgan fingerprint density at radius 2 is 1.88 bits per heavy atom. The van der Waals surface area contributed by atoms with Crippen LogP contribution in [0.5, 0.6) is 0 Å². The maximum Gasteiger partial charge on any atom is 0.235 e. The number of nitrogens with zero attached hydrogens (tertiary/aromatic N) is 1. The predicted octanol–water partition coefficient (Wildman–Crippen LogP) is 4.49. The molecule has 0 N–H and O–H groups in total. The Hall–Kier alpha value is -0.160. The van der Waals surface area contributed by atoms with Gasteiger partial charge in [-0.2, -0.15) is 4.57 Å². The Kier molecular flexibility index (Phi) is 5.22. The monoisotopic (exact) mass is 360 g/mol. The van der Waals surface area contributed by atoms with E-state index < -0.39 is 0 Å². The van der Waals surface area contributed by atoms with Crippen molar-refractivity contribution >= 4 is 44.1 Å². The summed E-state index contributed by atoms with van der Waals surface area (Å²) in [4.78, 5) is 0. The summed E-state index contributed by atoms with van der Waals surface area (Å²) in [6.07, 6.45) is 5.42. The van der Waals surface area contributed by atoms with Crippen LogP contribution in [-0.2, 0) is 6.54 Å². The van der Waals surface area contributed by atoms with Crippen molar-refractivity contribution in [1.82, 2.24) is 0 Å². The first kappa shape index (κ1) is 13.3. The first-order valence-electron chi connectivity index (χ1n) is 6.27. The molecule has 1 aromatic carbocycles. The molecule has 1 aromatic heterocycles. The highest BCUT2D eigenvalue weighted by molar-refractivity contribution is 14.1. The van der Waals surface area contributed by atoms with Crippen LogP contribution in [0.15, 0.2) is 24.3 Å². The Balaban J connectivity index is 2.00. The lowest BCUT2D eigenvalue weighted by Gasteiger charge is -1.98. The lowest BCUT2D eigenvalue weighted by Crippen LogP contribution is -2.34. The minimum Gasteiger partial charge on any atom is -0.186 e. The van der Waals surface area contributed by atoms with Gasteiger partial charge in [0.1, 0.15) is 11.2 Å². The zero-order valence-corrected chi connectivity index (χ0v) is 13.3. The normalized spacial score (nSPS) is 11.2. The maximum absolute atomic E-state index is 2.48. The Morgan fingerprint density at radius 3 is 2.71 bits per heavy atom. The number of hydrogen-bond donors (Lipinski definition) is 0. The third-order valence-electron chi connectivity index (χ3n) is 3.06. The molecule has 17 heavy (non-hydrogen) atoms. The smallest absolute Gasteiger partial charge is 0.186 e. The lowest BCUT2D eigenvalue weighted by molar-refractivity contribution is -0.673. The number of aryl methyl sites for hydroxylation is 2. The first-order valence-corrected chi connectivity index (χ1v) is 8.61. The average Bonchev–Trinajstić information content (AvgIpc) is 2.65. The van der Waals surface area contributed by atoms with E-state index in [1.165, 1.54) is 51.9 Å². The van der Waals surface area contributed by atoms with Crippen molar-refractivity contribution in [2.75, 3.05) is 4.43 Å². The van der Waals surface area contributed by atoms with Gasteiger partial charge in [0.2, 0.25) is 10.5 Å². The van der Waals surface area contributed by atoms with Crippen molar-refractivity contribution in [2.45, 2.75) is 39.2 Å². The van der Waals surface area contributed by atoms with Crippen LogP contribution in [0.4, 0.5) is 0 Å². The number of unbranched alkanes of at least 4 members (excludes halogenated alkanes) is 3. The molecule has 1 heterocycles. The zero-order chi connectivity index (χ0) is 12.1. The van der Waals surface area contributed by atoms with E-state index in [1.807, 2.05) is 11.3 Å². The highest BCUT2D eigenvalue weighted by atomic mass is 127. The fraction of sp³-hybridized carbons (Fsp3) is 0.500. The fourth-order valence-electron chi connectivity index (χ4n) is 2.15. The molecule has 0 bridgehead atoms. The molecular formula is C14H19INS+. The number of hydrogen-bond acceptors (Lipinski definition) is 1. The summed E-state index contributed by atoms with van der Waals surface area (Å²) in [5.74, 6) is 0. The average molecular weight is 360 g/mol. The van der Waals surface area contributed by atoms with Crippen LogP contribution in [-0.4, -0.2) is 4.43 Å². The van der Waals surface area contributed by atoms with Crippen LogP contribution in [0.25, 0.3) is 10.2 Å². The second-order valence-corrected chi connectivity index (χ2v) is 6.66. The van der Waals surface area contributed by atoms with Crippen molar-refractivity contribution in [3.8, 4) is 0 Å². The van der Waals surface area contributed by atoms with Gasteiger partial charge in [-0.15, -0.1) is 0 Å². The Bertz CT molecular complexity index is 478. The van der Waals surface area contributed by atoms with Crippen molar-refractivity contribution in [1.29, 1.82) is 0 Å². The van der Waals surface area contributed by atoms with E-state index in [4.69, 9.17) is 0 Å². The van der Waals surface area contributed by atoms with Crippen LogP contribution in [0.3, 0.4) is 0 Å². The van der Waals surface area contributed by atoms with E-state index >= 15 is 0 Å². The molecule has 0 fully saturated rings. The van der Waals surface area contributed by atoms with Crippen LogP contribution < -0.4 is 4.57 Å². The topological polar surface area (TPSA) is 3.88 Å². The zero-order valence-electron chi connectivity index (χ0n) is 10.3. The summed E-state index contributed by atoms with van der Waals surface area (Å²) in [6, 6.07) is 8.73. The van der Waals surface area contributed by atoms with Gasteiger partial charge in [0.05, 0.1) is 0 Å². The van der Waals surface area contributed by atoms with E-state index in [1.54, 1.807) is 0 Å². The highest BCUT2D eigenvalue weighted by Gasteiger charge is 2.15. The molecule has 0 amide bonds. The van der Waals surface area contributed by atoms with Gasteiger partial charge in [-0.05, 0) is 23.3 Å². The molecule has 1 nitrogen and oxygen atoms in total. The SMILES string of the molecule is Cc1sc2ccccc2[n+]1CCCCCCI. The standard InChI is InChI=1S/C14H19INS/c1-12-16(11-7-3-2-6-10-15)13-8-4-5-9-14(13)17-12/h4-5,8-9H,2-3,6-7,10-11H2,1H3/q+1. The number of thiazole rings is 1. The van der Waals surface area contributed by atoms with Crippen molar-refractivity contribution in [2.24, 2.45) is 0 Å². The number of aromatic nitrogens is 1. The highest BCUT2D eigenvalue weighted by Crippen LogP contribution is 2.19. The third-order valence-corrected chi connectivity index (χ3v) is 4.90. The number of fused-ring (bicyclic) bond motifs is 1. The van der Waals surface area contributed by atoms with E-state index in [-0.39, 0.29) is 0 Å². The largest absolute Gasteiger partial charge is 0.235 e. The summed E-state index contributed by atoms with van der Waals surface area (Å²) in [7, 11) is 0. The van der Waals surface area contributed by atoms with Gasteiger partial charge in [0, 0.05) is 19.4 Å². The molecule has 0 unspecified atom stereocenters. The third kappa shape index (κ3) is 3.41. The number of halogens is 1. The Labute approximate surface area is 121 Å².